The zero-order chi connectivity index (χ0) is 13.1. The molecule has 0 aliphatic carbocycles. The predicted octanol–water partition coefficient (Wildman–Crippen LogP) is 3.77. The molecule has 0 heterocycles. The van der Waals surface area contributed by atoms with E-state index in [9.17, 15) is 18.0 Å². The molecule has 0 bridgehead atoms. The van der Waals surface area contributed by atoms with Gasteiger partial charge in [0.25, 0.3) is 0 Å². The van der Waals surface area contributed by atoms with Gasteiger partial charge in [0.05, 0.1) is 5.56 Å². The monoisotopic (exact) mass is 266 g/mol. The average molecular weight is 267 g/mol. The molecule has 0 atom stereocenters. The molecule has 0 saturated heterocycles. The highest BCUT2D eigenvalue weighted by Crippen LogP contribution is 2.32. The first kappa shape index (κ1) is 13.8. The molecule has 0 amide bonds. The molecule has 0 unspecified atom stereocenters. The van der Waals surface area contributed by atoms with Gasteiger partial charge >= 0.3 is 12.1 Å². The van der Waals surface area contributed by atoms with Crippen LogP contribution in [0.25, 0.3) is 0 Å². The highest BCUT2D eigenvalue weighted by molar-refractivity contribution is 6.30. The van der Waals surface area contributed by atoms with Crippen molar-refractivity contribution in [3.8, 4) is 0 Å². The van der Waals surface area contributed by atoms with E-state index in [0.29, 0.717) is 5.56 Å². The summed E-state index contributed by atoms with van der Waals surface area (Å²) in [4.78, 5) is 10.3. The fraction of sp³-hybridized carbons (Fsp3) is 0.364. The van der Waals surface area contributed by atoms with E-state index < -0.39 is 17.7 Å². The highest BCUT2D eigenvalue weighted by Gasteiger charge is 2.30. The topological polar surface area (TPSA) is 37.3 Å². The fourth-order valence-corrected chi connectivity index (χ4v) is 1.66. The Balaban J connectivity index is 2.79. The zero-order valence-electron chi connectivity index (χ0n) is 8.72. The number of aliphatic carboxylic acids is 1. The summed E-state index contributed by atoms with van der Waals surface area (Å²) in [5.41, 5.74) is -0.415. The van der Waals surface area contributed by atoms with Crippen molar-refractivity contribution in [2.24, 2.45) is 0 Å². The highest BCUT2D eigenvalue weighted by atomic mass is 35.5. The van der Waals surface area contributed by atoms with Crippen molar-refractivity contribution in [3.05, 3.63) is 34.3 Å². The lowest BCUT2D eigenvalue weighted by Crippen LogP contribution is -2.06. The van der Waals surface area contributed by atoms with Gasteiger partial charge in [-0.2, -0.15) is 13.2 Å². The van der Waals surface area contributed by atoms with Gasteiger partial charge in [-0.1, -0.05) is 11.6 Å². The minimum absolute atomic E-state index is 0.00477. The first-order valence-corrected chi connectivity index (χ1v) is 5.25. The van der Waals surface area contributed by atoms with Crippen LogP contribution in [0, 0.1) is 0 Å². The van der Waals surface area contributed by atoms with Crippen molar-refractivity contribution in [1.82, 2.24) is 0 Å². The van der Waals surface area contributed by atoms with Crippen LogP contribution in [0.3, 0.4) is 0 Å². The van der Waals surface area contributed by atoms with Crippen molar-refractivity contribution in [2.75, 3.05) is 0 Å². The lowest BCUT2D eigenvalue weighted by molar-refractivity contribution is -0.138. The van der Waals surface area contributed by atoms with E-state index in [0.717, 1.165) is 12.1 Å². The normalized spacial score (nSPS) is 11.5. The summed E-state index contributed by atoms with van der Waals surface area (Å²) in [6, 6.07) is 3.26. The fourth-order valence-electron chi connectivity index (χ4n) is 1.40. The van der Waals surface area contributed by atoms with Crippen LogP contribution in [0.5, 0.6) is 0 Å². The number of carboxylic acid groups (broad SMARTS) is 1. The number of halogens is 4. The first-order chi connectivity index (χ1) is 7.79. The Hall–Kier alpha value is -1.23. The van der Waals surface area contributed by atoms with Gasteiger partial charge in [0.2, 0.25) is 0 Å². The molecule has 0 aliphatic heterocycles. The first-order valence-electron chi connectivity index (χ1n) is 4.87. The third-order valence-corrected chi connectivity index (χ3v) is 2.36. The Morgan fingerprint density at radius 3 is 2.47 bits per heavy atom. The quantitative estimate of drug-likeness (QED) is 0.901. The Labute approximate surface area is 101 Å². The summed E-state index contributed by atoms with van der Waals surface area (Å²) in [7, 11) is 0. The van der Waals surface area contributed by atoms with Crippen LogP contribution in [0.15, 0.2) is 18.2 Å². The molecular formula is C11H10ClF3O2. The predicted molar refractivity (Wildman–Crippen MR) is 57.0 cm³/mol. The molecule has 1 N–H and O–H groups in total. The molecule has 0 saturated carbocycles. The second kappa shape index (κ2) is 5.40. The van der Waals surface area contributed by atoms with Crippen LogP contribution in [0.2, 0.25) is 5.02 Å². The van der Waals surface area contributed by atoms with Gasteiger partial charge in [-0.05, 0) is 36.6 Å². The lowest BCUT2D eigenvalue weighted by Gasteiger charge is -2.09. The van der Waals surface area contributed by atoms with E-state index >= 15 is 0 Å². The van der Waals surface area contributed by atoms with E-state index in [1.807, 2.05) is 0 Å². The maximum atomic E-state index is 12.4. The Bertz CT molecular complexity index is 416. The molecule has 0 fully saturated rings. The van der Waals surface area contributed by atoms with E-state index in [-0.39, 0.29) is 24.3 Å². The molecule has 1 rings (SSSR count). The Kier molecular flexibility index (Phi) is 4.40. The van der Waals surface area contributed by atoms with Gasteiger partial charge in [-0.3, -0.25) is 4.79 Å². The van der Waals surface area contributed by atoms with Gasteiger partial charge < -0.3 is 5.11 Å². The second-order valence-corrected chi connectivity index (χ2v) is 4.03. The second-order valence-electron chi connectivity index (χ2n) is 3.59. The van der Waals surface area contributed by atoms with Crippen LogP contribution in [-0.4, -0.2) is 11.1 Å². The summed E-state index contributed by atoms with van der Waals surface area (Å²) in [5, 5.41) is 8.43. The maximum absolute atomic E-state index is 12.4. The molecule has 17 heavy (non-hydrogen) atoms. The summed E-state index contributed by atoms with van der Waals surface area (Å²) in [6.07, 6.45) is -3.97. The van der Waals surface area contributed by atoms with Gasteiger partial charge in [0.1, 0.15) is 0 Å². The number of alkyl halides is 3. The Morgan fingerprint density at radius 1 is 1.29 bits per heavy atom. The zero-order valence-corrected chi connectivity index (χ0v) is 9.48. The smallest absolute Gasteiger partial charge is 0.416 e. The number of aryl methyl sites for hydroxylation is 1. The van der Waals surface area contributed by atoms with Crippen LogP contribution >= 0.6 is 11.6 Å². The summed E-state index contributed by atoms with van der Waals surface area (Å²) in [5.74, 6) is -0.969. The van der Waals surface area contributed by atoms with Crippen LogP contribution in [0.4, 0.5) is 13.2 Å². The van der Waals surface area contributed by atoms with Crippen LogP contribution < -0.4 is 0 Å². The summed E-state index contributed by atoms with van der Waals surface area (Å²) >= 11 is 5.58. The van der Waals surface area contributed by atoms with Gasteiger partial charge in [-0.15, -0.1) is 0 Å². The molecule has 2 nitrogen and oxygen atoms in total. The largest absolute Gasteiger partial charge is 0.481 e. The standard InChI is InChI=1S/C11H10ClF3O2/c12-9-5-7(2-1-3-10(16)17)4-8(6-9)11(13,14)15/h4-6H,1-3H2,(H,16,17). The maximum Gasteiger partial charge on any atom is 0.416 e. The number of rotatable bonds is 4. The molecule has 94 valence electrons. The Morgan fingerprint density at radius 2 is 1.94 bits per heavy atom. The van der Waals surface area contributed by atoms with E-state index in [2.05, 4.69) is 0 Å². The molecule has 6 heteroatoms. The molecule has 0 spiro atoms. The number of carboxylic acids is 1. The number of hydrogen-bond donors (Lipinski definition) is 1. The van der Waals surface area contributed by atoms with Gasteiger partial charge in [0.15, 0.2) is 0 Å². The van der Waals surface area contributed by atoms with Crippen LogP contribution in [0.1, 0.15) is 24.0 Å². The van der Waals surface area contributed by atoms with Crippen LogP contribution in [-0.2, 0) is 17.4 Å². The van der Waals surface area contributed by atoms with E-state index in [4.69, 9.17) is 16.7 Å². The minimum Gasteiger partial charge on any atom is -0.481 e. The van der Waals surface area contributed by atoms with Crippen molar-refractivity contribution >= 4 is 17.6 Å². The summed E-state index contributed by atoms with van der Waals surface area (Å²) < 4.78 is 37.3. The van der Waals surface area contributed by atoms with E-state index in [1.54, 1.807) is 0 Å². The van der Waals surface area contributed by atoms with Crippen molar-refractivity contribution in [1.29, 1.82) is 0 Å². The number of benzene rings is 1. The minimum atomic E-state index is -4.44. The summed E-state index contributed by atoms with van der Waals surface area (Å²) in [6.45, 7) is 0. The van der Waals surface area contributed by atoms with Crippen molar-refractivity contribution < 1.29 is 23.1 Å². The van der Waals surface area contributed by atoms with Gasteiger partial charge in [-0.25, -0.2) is 0 Å². The molecule has 0 aliphatic rings. The third-order valence-electron chi connectivity index (χ3n) is 2.14. The molecule has 1 aromatic rings. The van der Waals surface area contributed by atoms with Crippen molar-refractivity contribution in [2.45, 2.75) is 25.4 Å². The SMILES string of the molecule is O=C(O)CCCc1cc(Cl)cc(C(F)(F)F)c1. The third kappa shape index (κ3) is 4.65. The lowest BCUT2D eigenvalue weighted by atomic mass is 10.0. The molecule has 0 aromatic heterocycles. The molecular weight excluding hydrogens is 257 g/mol. The number of hydrogen-bond acceptors (Lipinski definition) is 1. The van der Waals surface area contributed by atoms with Crippen molar-refractivity contribution in [3.63, 3.8) is 0 Å². The molecule has 0 radical (unpaired) electrons. The number of carbonyl (C=O) groups is 1. The van der Waals surface area contributed by atoms with E-state index in [1.165, 1.54) is 6.07 Å². The molecule has 1 aromatic carbocycles. The average Bonchev–Trinajstić information content (AvgIpc) is 2.14. The van der Waals surface area contributed by atoms with Gasteiger partial charge in [0, 0.05) is 11.4 Å².